The first-order valence-corrected chi connectivity index (χ1v) is 15.2. The maximum absolute atomic E-state index is 12.7. The number of halogens is 3. The topological polar surface area (TPSA) is 130 Å². The van der Waals surface area contributed by atoms with Crippen molar-refractivity contribution in [2.75, 3.05) is 13.1 Å². The lowest BCUT2D eigenvalue weighted by molar-refractivity contribution is -0.192. The molecule has 0 saturated carbocycles. The smallest absolute Gasteiger partial charge is 0.475 e. The summed E-state index contributed by atoms with van der Waals surface area (Å²) in [5.41, 5.74) is 7.54. The summed E-state index contributed by atoms with van der Waals surface area (Å²) in [6, 6.07) is 30.6. The van der Waals surface area contributed by atoms with E-state index in [-0.39, 0.29) is 11.7 Å². The molecule has 4 heterocycles. The fourth-order valence-corrected chi connectivity index (χ4v) is 5.74. The van der Waals surface area contributed by atoms with Gasteiger partial charge in [-0.1, -0.05) is 66.7 Å². The summed E-state index contributed by atoms with van der Waals surface area (Å²) >= 11 is 0. The molecule has 13 heteroatoms. The number of aromatic nitrogens is 6. The molecular formula is C35H30F3N7O3. The van der Waals surface area contributed by atoms with Crippen molar-refractivity contribution >= 4 is 17.0 Å². The second-order valence-electron chi connectivity index (χ2n) is 11.3. The molecule has 1 saturated heterocycles. The van der Waals surface area contributed by atoms with E-state index in [9.17, 15) is 18.0 Å². The number of rotatable bonds is 6. The first-order valence-electron chi connectivity index (χ1n) is 15.2. The van der Waals surface area contributed by atoms with Crippen LogP contribution in [0.2, 0.25) is 0 Å². The van der Waals surface area contributed by atoms with E-state index in [1.54, 1.807) is 12.4 Å². The van der Waals surface area contributed by atoms with E-state index in [1.165, 1.54) is 5.56 Å². The van der Waals surface area contributed by atoms with Crippen LogP contribution in [0.25, 0.3) is 44.9 Å². The van der Waals surface area contributed by atoms with Gasteiger partial charge in [-0.15, -0.1) is 10.2 Å². The van der Waals surface area contributed by atoms with Gasteiger partial charge in [-0.25, -0.2) is 14.6 Å². The number of fused-ring (bicyclic) bond motifs is 1. The number of likely N-dealkylation sites (tertiary alicyclic amines) is 1. The standard InChI is InChI=1S/C33H29N7O.C2HF3O2/c41-33-35-28-8-4-5-9-29(28)40(33)27-16-20-39(21-17-27)22-23-10-12-25(13-11-23)30-31(24-6-2-1-3-7-24)37-38-32(36-30)26-14-18-34-19-15-26;3-2(4,5)1(6)7/h1-15,18-19,27H,16-17,20-22H2,(H,35,41);(H,6,7). The average Bonchev–Trinajstić information content (AvgIpc) is 3.45. The number of H-pyrrole nitrogens is 1. The zero-order valence-electron chi connectivity index (χ0n) is 25.5. The molecule has 2 N–H and O–H groups in total. The van der Waals surface area contributed by atoms with Gasteiger partial charge in [-0.05, 0) is 42.7 Å². The number of hydrogen-bond acceptors (Lipinski definition) is 7. The Morgan fingerprint density at radius 1 is 0.812 bits per heavy atom. The van der Waals surface area contributed by atoms with Gasteiger partial charge in [-0.3, -0.25) is 14.5 Å². The van der Waals surface area contributed by atoms with Crippen LogP contribution < -0.4 is 5.69 Å². The van der Waals surface area contributed by atoms with Gasteiger partial charge < -0.3 is 10.1 Å². The van der Waals surface area contributed by atoms with Crippen LogP contribution in [0.3, 0.4) is 0 Å². The molecule has 0 radical (unpaired) electrons. The number of imidazole rings is 1. The minimum atomic E-state index is -5.08. The maximum Gasteiger partial charge on any atom is 0.490 e. The average molecular weight is 654 g/mol. The minimum Gasteiger partial charge on any atom is -0.475 e. The summed E-state index contributed by atoms with van der Waals surface area (Å²) in [7, 11) is 0. The predicted octanol–water partition coefficient (Wildman–Crippen LogP) is 6.38. The summed E-state index contributed by atoms with van der Waals surface area (Å²) in [5.74, 6) is -2.18. The molecular weight excluding hydrogens is 623 g/mol. The third kappa shape index (κ3) is 7.31. The molecule has 7 rings (SSSR count). The van der Waals surface area contributed by atoms with Crippen molar-refractivity contribution in [3.8, 4) is 33.9 Å². The monoisotopic (exact) mass is 653 g/mol. The van der Waals surface area contributed by atoms with Crippen molar-refractivity contribution in [3.05, 3.63) is 119 Å². The Bertz CT molecular complexity index is 2060. The summed E-state index contributed by atoms with van der Waals surface area (Å²) < 4.78 is 33.7. The van der Waals surface area contributed by atoms with Gasteiger partial charge in [0.15, 0.2) is 5.82 Å². The number of aromatic amines is 1. The van der Waals surface area contributed by atoms with Gasteiger partial charge in [0.05, 0.1) is 11.0 Å². The maximum atomic E-state index is 12.7. The van der Waals surface area contributed by atoms with E-state index >= 15 is 0 Å². The van der Waals surface area contributed by atoms with E-state index in [2.05, 4.69) is 49.3 Å². The highest BCUT2D eigenvalue weighted by molar-refractivity contribution is 5.79. The van der Waals surface area contributed by atoms with Crippen LogP contribution >= 0.6 is 0 Å². The number of pyridine rings is 1. The number of hydrogen-bond donors (Lipinski definition) is 2. The van der Waals surface area contributed by atoms with Crippen molar-refractivity contribution in [1.82, 2.24) is 34.6 Å². The van der Waals surface area contributed by atoms with Crippen LogP contribution in [0.1, 0.15) is 24.4 Å². The summed E-state index contributed by atoms with van der Waals surface area (Å²) in [5, 5.41) is 16.2. The van der Waals surface area contributed by atoms with Gasteiger partial charge in [0.1, 0.15) is 11.4 Å². The number of benzene rings is 3. The number of aliphatic carboxylic acids is 1. The first-order chi connectivity index (χ1) is 23.2. The Morgan fingerprint density at radius 2 is 1.44 bits per heavy atom. The van der Waals surface area contributed by atoms with Crippen molar-refractivity contribution < 1.29 is 23.1 Å². The number of nitrogens with one attached hydrogen (secondary N) is 1. The Hall–Kier alpha value is -5.69. The van der Waals surface area contributed by atoms with Crippen LogP contribution in [-0.2, 0) is 11.3 Å². The Morgan fingerprint density at radius 3 is 2.10 bits per heavy atom. The Balaban J connectivity index is 0.000000519. The molecule has 1 aliphatic heterocycles. The highest BCUT2D eigenvalue weighted by Crippen LogP contribution is 2.31. The quantitative estimate of drug-likeness (QED) is 0.212. The number of alkyl halides is 3. The summed E-state index contributed by atoms with van der Waals surface area (Å²) in [4.78, 5) is 36.1. The molecule has 0 spiro atoms. The second kappa shape index (κ2) is 14.0. The van der Waals surface area contributed by atoms with Gasteiger partial charge in [0.2, 0.25) is 0 Å². The minimum absolute atomic E-state index is 0.0126. The van der Waals surface area contributed by atoms with Crippen LogP contribution in [0.4, 0.5) is 13.2 Å². The largest absolute Gasteiger partial charge is 0.490 e. The van der Waals surface area contributed by atoms with Gasteiger partial charge in [0.25, 0.3) is 0 Å². The molecule has 10 nitrogen and oxygen atoms in total. The third-order valence-electron chi connectivity index (χ3n) is 8.09. The van der Waals surface area contributed by atoms with E-state index < -0.39 is 12.1 Å². The molecule has 6 aromatic rings. The molecule has 0 bridgehead atoms. The van der Waals surface area contributed by atoms with Gasteiger partial charge in [-0.2, -0.15) is 13.2 Å². The van der Waals surface area contributed by atoms with Crippen LogP contribution in [-0.4, -0.2) is 65.0 Å². The lowest BCUT2D eigenvalue weighted by atomic mass is 10.0. The SMILES string of the molecule is O=C(O)C(F)(F)F.O=c1[nH]c2ccccc2n1C1CCN(Cc2ccc(-c3nc(-c4ccncc4)nnc3-c3ccccc3)cc2)CC1. The van der Waals surface area contributed by atoms with Crippen LogP contribution in [0, 0.1) is 0 Å². The fraction of sp³-hybridized carbons (Fsp3) is 0.200. The summed E-state index contributed by atoms with van der Waals surface area (Å²) in [6.07, 6.45) is 0.287. The number of piperidine rings is 1. The highest BCUT2D eigenvalue weighted by Gasteiger charge is 2.38. The first kappa shape index (κ1) is 32.3. The van der Waals surface area contributed by atoms with Crippen molar-refractivity contribution in [3.63, 3.8) is 0 Å². The summed E-state index contributed by atoms with van der Waals surface area (Å²) in [6.45, 7) is 2.76. The van der Waals surface area contributed by atoms with E-state index in [1.807, 2.05) is 71.3 Å². The molecule has 0 amide bonds. The molecule has 0 aliphatic carbocycles. The van der Waals surface area contributed by atoms with Gasteiger partial charge in [0, 0.05) is 54.8 Å². The lowest BCUT2D eigenvalue weighted by Crippen LogP contribution is -2.36. The number of carbonyl (C=O) groups is 1. The number of carboxylic acid groups (broad SMARTS) is 1. The van der Waals surface area contributed by atoms with Crippen molar-refractivity contribution in [2.45, 2.75) is 31.6 Å². The Kier molecular flexibility index (Phi) is 9.39. The van der Waals surface area contributed by atoms with Gasteiger partial charge >= 0.3 is 17.8 Å². The molecule has 244 valence electrons. The number of para-hydroxylation sites is 2. The second-order valence-corrected chi connectivity index (χ2v) is 11.3. The van der Waals surface area contributed by atoms with Crippen LogP contribution in [0.5, 0.6) is 0 Å². The number of carboxylic acids is 1. The van der Waals surface area contributed by atoms with E-state index in [0.29, 0.717) is 5.82 Å². The molecule has 0 atom stereocenters. The van der Waals surface area contributed by atoms with Crippen LogP contribution in [0.15, 0.2) is 108 Å². The normalized spacial score (nSPS) is 14.0. The predicted molar refractivity (Wildman–Crippen MR) is 174 cm³/mol. The lowest BCUT2D eigenvalue weighted by Gasteiger charge is -2.32. The third-order valence-corrected chi connectivity index (χ3v) is 8.09. The molecule has 3 aromatic carbocycles. The fourth-order valence-electron chi connectivity index (χ4n) is 5.74. The van der Waals surface area contributed by atoms with Crippen molar-refractivity contribution in [2.24, 2.45) is 0 Å². The zero-order valence-corrected chi connectivity index (χ0v) is 25.5. The molecule has 0 unspecified atom stereocenters. The van der Waals surface area contributed by atoms with E-state index in [0.717, 1.165) is 71.6 Å². The molecule has 48 heavy (non-hydrogen) atoms. The Labute approximate surface area is 272 Å². The number of nitrogens with zero attached hydrogens (tertiary/aromatic N) is 6. The zero-order chi connectivity index (χ0) is 33.7. The van der Waals surface area contributed by atoms with E-state index in [4.69, 9.17) is 14.9 Å². The molecule has 1 fully saturated rings. The highest BCUT2D eigenvalue weighted by atomic mass is 19.4. The molecule has 1 aliphatic rings. The molecule has 3 aromatic heterocycles. The van der Waals surface area contributed by atoms with Crippen molar-refractivity contribution in [1.29, 1.82) is 0 Å².